The Morgan fingerprint density at radius 1 is 1.12 bits per heavy atom. The number of rotatable bonds is 5. The highest BCUT2D eigenvalue weighted by molar-refractivity contribution is 6.08. The number of methoxy groups -OCH3 is 2. The normalized spacial score (nSPS) is 10.2. The molecule has 0 aliphatic carbocycles. The lowest BCUT2D eigenvalue weighted by atomic mass is 10.1. The molecule has 8 nitrogen and oxygen atoms in total. The second-order valence-electron chi connectivity index (χ2n) is 5.18. The molecule has 0 saturated carbocycles. The summed E-state index contributed by atoms with van der Waals surface area (Å²) in [6.07, 6.45) is 0. The fraction of sp³-hybridized carbons (Fsp3) is 0.294. The summed E-state index contributed by atoms with van der Waals surface area (Å²) in [7, 11) is 2.48. The zero-order chi connectivity index (χ0) is 18.6. The van der Waals surface area contributed by atoms with Crippen LogP contribution in [0.5, 0.6) is 0 Å². The van der Waals surface area contributed by atoms with Crippen LogP contribution in [0.1, 0.15) is 43.8 Å². The predicted octanol–water partition coefficient (Wildman–Crippen LogP) is 2.04. The maximum Gasteiger partial charge on any atom is 0.339 e. The number of anilines is 1. The van der Waals surface area contributed by atoms with Gasteiger partial charge < -0.3 is 14.8 Å². The van der Waals surface area contributed by atoms with Gasteiger partial charge in [-0.15, -0.1) is 0 Å². The summed E-state index contributed by atoms with van der Waals surface area (Å²) in [6.45, 7) is 4.38. The monoisotopic (exact) mass is 345 g/mol. The molecule has 0 unspecified atom stereocenters. The zero-order valence-corrected chi connectivity index (χ0v) is 14.5. The summed E-state index contributed by atoms with van der Waals surface area (Å²) < 4.78 is 11.0. The second kappa shape index (κ2) is 7.61. The Morgan fingerprint density at radius 2 is 1.80 bits per heavy atom. The number of hydrogen-bond donors (Lipinski definition) is 1. The van der Waals surface area contributed by atoms with Gasteiger partial charge in [0.1, 0.15) is 0 Å². The molecule has 0 fully saturated rings. The van der Waals surface area contributed by atoms with Gasteiger partial charge >= 0.3 is 11.9 Å². The van der Waals surface area contributed by atoms with Crippen molar-refractivity contribution in [3.63, 3.8) is 0 Å². The fourth-order valence-corrected chi connectivity index (χ4v) is 2.31. The summed E-state index contributed by atoms with van der Waals surface area (Å²) in [5, 5.41) is 6.79. The number of ether oxygens (including phenoxy) is 2. The summed E-state index contributed by atoms with van der Waals surface area (Å²) in [5.41, 5.74) is 1.50. The van der Waals surface area contributed by atoms with Gasteiger partial charge in [0, 0.05) is 12.2 Å². The van der Waals surface area contributed by atoms with Crippen molar-refractivity contribution in [3.8, 4) is 0 Å². The lowest BCUT2D eigenvalue weighted by Crippen LogP contribution is -2.17. The zero-order valence-electron chi connectivity index (χ0n) is 14.5. The van der Waals surface area contributed by atoms with Gasteiger partial charge in [-0.3, -0.25) is 9.48 Å². The van der Waals surface area contributed by atoms with E-state index in [1.807, 2.05) is 13.8 Å². The molecule has 1 amide bonds. The van der Waals surface area contributed by atoms with Crippen LogP contribution < -0.4 is 5.32 Å². The molecular formula is C17H19N3O5. The molecule has 132 valence electrons. The Morgan fingerprint density at radius 3 is 2.36 bits per heavy atom. The first-order valence-electron chi connectivity index (χ1n) is 7.57. The number of benzene rings is 1. The lowest BCUT2D eigenvalue weighted by Gasteiger charge is -2.10. The number of amides is 1. The number of carbonyl (C=O) groups excluding carboxylic acids is 3. The Kier molecular flexibility index (Phi) is 5.53. The number of hydrogen-bond acceptors (Lipinski definition) is 6. The summed E-state index contributed by atoms with van der Waals surface area (Å²) >= 11 is 0. The van der Waals surface area contributed by atoms with Crippen molar-refractivity contribution < 1.29 is 23.9 Å². The van der Waals surface area contributed by atoms with Crippen molar-refractivity contribution in [2.75, 3.05) is 19.5 Å². The van der Waals surface area contributed by atoms with Crippen LogP contribution in [0.3, 0.4) is 0 Å². The molecular weight excluding hydrogens is 326 g/mol. The maximum absolute atomic E-state index is 12.5. The van der Waals surface area contributed by atoms with E-state index in [4.69, 9.17) is 4.74 Å². The van der Waals surface area contributed by atoms with E-state index >= 15 is 0 Å². The highest BCUT2D eigenvalue weighted by atomic mass is 16.5. The minimum atomic E-state index is -0.637. The van der Waals surface area contributed by atoms with Crippen LogP contribution in [-0.2, 0) is 16.0 Å². The topological polar surface area (TPSA) is 99.5 Å². The standard InChI is InChI=1S/C17H19N3O5/c1-5-20-10(2)8-14(19-20)15(21)18-13-9-11(16(22)24-3)6-7-12(13)17(23)25-4/h6-9H,5H2,1-4H3,(H,18,21). The van der Waals surface area contributed by atoms with Crippen LogP contribution in [0, 0.1) is 6.92 Å². The third-order valence-electron chi connectivity index (χ3n) is 3.61. The van der Waals surface area contributed by atoms with Crippen molar-refractivity contribution in [3.05, 3.63) is 46.8 Å². The molecule has 0 saturated heterocycles. The average Bonchev–Trinajstić information content (AvgIpc) is 3.01. The molecule has 0 atom stereocenters. The van der Waals surface area contributed by atoms with Crippen molar-refractivity contribution in [2.24, 2.45) is 0 Å². The fourth-order valence-electron chi connectivity index (χ4n) is 2.31. The summed E-state index contributed by atoms with van der Waals surface area (Å²) in [6, 6.07) is 5.81. The molecule has 2 rings (SSSR count). The highest BCUT2D eigenvalue weighted by Gasteiger charge is 2.19. The third kappa shape index (κ3) is 3.85. The van der Waals surface area contributed by atoms with E-state index in [0.29, 0.717) is 6.54 Å². The molecule has 0 radical (unpaired) electrons. The van der Waals surface area contributed by atoms with E-state index in [-0.39, 0.29) is 22.5 Å². The molecule has 0 aliphatic heterocycles. The quantitative estimate of drug-likeness (QED) is 0.833. The molecule has 1 heterocycles. The van der Waals surface area contributed by atoms with Gasteiger partial charge in [0.25, 0.3) is 5.91 Å². The van der Waals surface area contributed by atoms with E-state index in [2.05, 4.69) is 15.2 Å². The molecule has 0 spiro atoms. The summed E-state index contributed by atoms with van der Waals surface area (Å²) in [4.78, 5) is 36.0. The predicted molar refractivity (Wildman–Crippen MR) is 89.7 cm³/mol. The third-order valence-corrected chi connectivity index (χ3v) is 3.61. The molecule has 1 aromatic carbocycles. The maximum atomic E-state index is 12.5. The number of aryl methyl sites for hydroxylation is 2. The Labute approximate surface area is 144 Å². The molecule has 1 N–H and O–H groups in total. The van der Waals surface area contributed by atoms with Crippen LogP contribution in [0.4, 0.5) is 5.69 Å². The highest BCUT2D eigenvalue weighted by Crippen LogP contribution is 2.20. The van der Waals surface area contributed by atoms with E-state index in [9.17, 15) is 14.4 Å². The summed E-state index contributed by atoms with van der Waals surface area (Å²) in [5.74, 6) is -1.72. The van der Waals surface area contributed by atoms with Crippen molar-refractivity contribution in [1.82, 2.24) is 9.78 Å². The van der Waals surface area contributed by atoms with E-state index in [1.165, 1.54) is 32.4 Å². The van der Waals surface area contributed by atoms with Crippen LogP contribution in [0.25, 0.3) is 0 Å². The van der Waals surface area contributed by atoms with Gasteiger partial charge in [-0.05, 0) is 38.1 Å². The minimum Gasteiger partial charge on any atom is -0.465 e. The van der Waals surface area contributed by atoms with E-state index in [1.54, 1.807) is 10.7 Å². The largest absolute Gasteiger partial charge is 0.465 e. The SMILES string of the molecule is CCn1nc(C(=O)Nc2cc(C(=O)OC)ccc2C(=O)OC)cc1C. The van der Waals surface area contributed by atoms with E-state index in [0.717, 1.165) is 5.69 Å². The van der Waals surface area contributed by atoms with Crippen LogP contribution in [-0.4, -0.2) is 41.8 Å². The Bertz CT molecular complexity index is 826. The van der Waals surface area contributed by atoms with Gasteiger partial charge in [-0.2, -0.15) is 5.10 Å². The van der Waals surface area contributed by atoms with Crippen molar-refractivity contribution >= 4 is 23.5 Å². The lowest BCUT2D eigenvalue weighted by molar-refractivity contribution is 0.0587. The molecule has 1 aromatic heterocycles. The first kappa shape index (κ1) is 18.2. The van der Waals surface area contributed by atoms with Gasteiger partial charge in [0.2, 0.25) is 0 Å². The Balaban J connectivity index is 2.38. The Hall–Kier alpha value is -3.16. The molecule has 0 bridgehead atoms. The number of nitrogens with zero attached hydrogens (tertiary/aromatic N) is 2. The molecule has 25 heavy (non-hydrogen) atoms. The number of esters is 2. The number of carbonyl (C=O) groups is 3. The molecule has 0 aliphatic rings. The first-order chi connectivity index (χ1) is 11.9. The van der Waals surface area contributed by atoms with E-state index < -0.39 is 17.8 Å². The number of nitrogens with one attached hydrogen (secondary N) is 1. The second-order valence-corrected chi connectivity index (χ2v) is 5.18. The smallest absolute Gasteiger partial charge is 0.339 e. The van der Waals surface area contributed by atoms with Gasteiger partial charge in [-0.25, -0.2) is 9.59 Å². The van der Waals surface area contributed by atoms with Gasteiger partial charge in [0.05, 0.1) is 31.0 Å². The molecule has 2 aromatic rings. The minimum absolute atomic E-state index is 0.121. The van der Waals surface area contributed by atoms with Crippen LogP contribution in [0.2, 0.25) is 0 Å². The van der Waals surface area contributed by atoms with Crippen molar-refractivity contribution in [2.45, 2.75) is 20.4 Å². The van der Waals surface area contributed by atoms with Crippen LogP contribution in [0.15, 0.2) is 24.3 Å². The van der Waals surface area contributed by atoms with Crippen molar-refractivity contribution in [1.29, 1.82) is 0 Å². The van der Waals surface area contributed by atoms with Gasteiger partial charge in [0.15, 0.2) is 5.69 Å². The molecule has 8 heteroatoms. The first-order valence-corrected chi connectivity index (χ1v) is 7.57. The van der Waals surface area contributed by atoms with Crippen LogP contribution >= 0.6 is 0 Å². The number of aromatic nitrogens is 2. The average molecular weight is 345 g/mol. The van der Waals surface area contributed by atoms with Gasteiger partial charge in [-0.1, -0.05) is 0 Å².